The summed E-state index contributed by atoms with van der Waals surface area (Å²) in [6.07, 6.45) is 1.69. The molecule has 9 heteroatoms. The van der Waals surface area contributed by atoms with Gasteiger partial charge < -0.3 is 16.0 Å². The van der Waals surface area contributed by atoms with E-state index in [0.717, 1.165) is 27.1 Å². The molecular formula is C23H22BrClN6O. The molecule has 2 amide bonds. The predicted molar refractivity (Wildman–Crippen MR) is 131 cm³/mol. The number of hydrogen-bond acceptors (Lipinski definition) is 4. The first-order chi connectivity index (χ1) is 15.5. The average molecular weight is 514 g/mol. The van der Waals surface area contributed by atoms with E-state index in [4.69, 9.17) is 16.6 Å². The largest absolute Gasteiger partial charge is 0.368 e. The lowest BCUT2D eigenvalue weighted by atomic mass is 10.1. The minimum Gasteiger partial charge on any atom is -0.368 e. The van der Waals surface area contributed by atoms with Crippen LogP contribution in [0.15, 0.2) is 71.3 Å². The zero-order chi connectivity index (χ0) is 22.5. The Labute approximate surface area is 199 Å². The van der Waals surface area contributed by atoms with Crippen molar-refractivity contribution in [2.24, 2.45) is 0 Å². The Morgan fingerprint density at radius 1 is 1.12 bits per heavy atom. The molecule has 3 N–H and O–H groups in total. The van der Waals surface area contributed by atoms with E-state index in [2.05, 4.69) is 37.0 Å². The Morgan fingerprint density at radius 3 is 2.66 bits per heavy atom. The van der Waals surface area contributed by atoms with Crippen molar-refractivity contribution in [1.82, 2.24) is 25.2 Å². The number of hydrogen-bond donors (Lipinski definition) is 3. The first-order valence-corrected chi connectivity index (χ1v) is 11.3. The number of rotatable bonds is 7. The van der Waals surface area contributed by atoms with Crippen LogP contribution in [0.25, 0.3) is 16.9 Å². The fourth-order valence-corrected chi connectivity index (χ4v) is 3.89. The van der Waals surface area contributed by atoms with Crippen LogP contribution in [-0.4, -0.2) is 33.7 Å². The molecule has 4 rings (SSSR count). The first-order valence-electron chi connectivity index (χ1n) is 10.2. The number of halogens is 2. The number of aromatic nitrogens is 3. The SMILES string of the molecule is C[C@H](NC(=O)NCCNc1cc(-c2ccccc2Cl)nc2c(Br)cnn12)c1ccccc1. The summed E-state index contributed by atoms with van der Waals surface area (Å²) in [6, 6.07) is 19.0. The Kier molecular flexibility index (Phi) is 6.92. The second kappa shape index (κ2) is 10.0. The van der Waals surface area contributed by atoms with E-state index in [1.54, 1.807) is 10.7 Å². The maximum Gasteiger partial charge on any atom is 0.315 e. The number of carbonyl (C=O) groups excluding carboxylic acids is 1. The Morgan fingerprint density at radius 2 is 1.88 bits per heavy atom. The summed E-state index contributed by atoms with van der Waals surface area (Å²) < 4.78 is 2.49. The quantitative estimate of drug-likeness (QED) is 0.293. The van der Waals surface area contributed by atoms with Crippen LogP contribution in [0.3, 0.4) is 0 Å². The fourth-order valence-electron chi connectivity index (χ4n) is 3.31. The molecule has 0 unspecified atom stereocenters. The molecule has 0 saturated carbocycles. The summed E-state index contributed by atoms with van der Waals surface area (Å²) in [5, 5.41) is 14.1. The van der Waals surface area contributed by atoms with Crippen molar-refractivity contribution >= 4 is 45.0 Å². The molecule has 2 aromatic carbocycles. The molecule has 0 fully saturated rings. The lowest BCUT2D eigenvalue weighted by Gasteiger charge is -2.15. The molecule has 0 radical (unpaired) electrons. The summed E-state index contributed by atoms with van der Waals surface area (Å²) >= 11 is 9.87. The molecule has 0 aliphatic heterocycles. The Balaban J connectivity index is 1.41. The van der Waals surface area contributed by atoms with Gasteiger partial charge in [-0.05, 0) is 34.5 Å². The van der Waals surface area contributed by atoms with Gasteiger partial charge >= 0.3 is 6.03 Å². The van der Waals surface area contributed by atoms with Crippen LogP contribution in [0, 0.1) is 0 Å². The van der Waals surface area contributed by atoms with Gasteiger partial charge in [-0.1, -0.05) is 60.1 Å². The number of urea groups is 1. The van der Waals surface area contributed by atoms with Crippen LogP contribution in [0.1, 0.15) is 18.5 Å². The second-order valence-corrected chi connectivity index (χ2v) is 8.46. The van der Waals surface area contributed by atoms with Crippen LogP contribution in [-0.2, 0) is 0 Å². The summed E-state index contributed by atoms with van der Waals surface area (Å²) in [6.45, 7) is 2.89. The number of fused-ring (bicyclic) bond motifs is 1. The second-order valence-electron chi connectivity index (χ2n) is 7.19. The first kappa shape index (κ1) is 22.1. The molecule has 2 aromatic heterocycles. The van der Waals surface area contributed by atoms with Crippen molar-refractivity contribution in [3.8, 4) is 11.3 Å². The van der Waals surface area contributed by atoms with Gasteiger partial charge in [0.05, 0.1) is 22.4 Å². The van der Waals surface area contributed by atoms with Crippen LogP contribution in [0.2, 0.25) is 5.02 Å². The highest BCUT2D eigenvalue weighted by molar-refractivity contribution is 9.10. The number of nitrogens with zero attached hydrogens (tertiary/aromatic N) is 3. The highest BCUT2D eigenvalue weighted by atomic mass is 79.9. The van der Waals surface area contributed by atoms with E-state index in [0.29, 0.717) is 23.8 Å². The van der Waals surface area contributed by atoms with Crippen molar-refractivity contribution in [2.45, 2.75) is 13.0 Å². The molecule has 4 aromatic rings. The highest BCUT2D eigenvalue weighted by Gasteiger charge is 2.13. The van der Waals surface area contributed by atoms with Gasteiger partial charge in [-0.25, -0.2) is 9.78 Å². The highest BCUT2D eigenvalue weighted by Crippen LogP contribution is 2.30. The monoisotopic (exact) mass is 512 g/mol. The van der Waals surface area contributed by atoms with E-state index < -0.39 is 0 Å². The minimum absolute atomic E-state index is 0.0800. The Hall–Kier alpha value is -3.10. The predicted octanol–water partition coefficient (Wildman–Crippen LogP) is 5.28. The third-order valence-electron chi connectivity index (χ3n) is 4.94. The summed E-state index contributed by atoms with van der Waals surface area (Å²) in [5.41, 5.74) is 3.29. The third-order valence-corrected chi connectivity index (χ3v) is 5.83. The van der Waals surface area contributed by atoms with Gasteiger partial charge in [-0.2, -0.15) is 9.61 Å². The van der Waals surface area contributed by atoms with E-state index in [-0.39, 0.29) is 12.1 Å². The van der Waals surface area contributed by atoms with Gasteiger partial charge in [0.2, 0.25) is 0 Å². The van der Waals surface area contributed by atoms with Crippen LogP contribution in [0.4, 0.5) is 10.6 Å². The molecule has 0 spiro atoms. The summed E-state index contributed by atoms with van der Waals surface area (Å²) in [5.74, 6) is 0.746. The molecular weight excluding hydrogens is 492 g/mol. The molecule has 0 aliphatic rings. The summed E-state index contributed by atoms with van der Waals surface area (Å²) in [4.78, 5) is 16.9. The zero-order valence-electron chi connectivity index (χ0n) is 17.3. The number of nitrogens with one attached hydrogen (secondary N) is 3. The zero-order valence-corrected chi connectivity index (χ0v) is 19.7. The maximum atomic E-state index is 12.2. The van der Waals surface area contributed by atoms with Crippen molar-refractivity contribution in [3.63, 3.8) is 0 Å². The van der Waals surface area contributed by atoms with Gasteiger partial charge in [0, 0.05) is 29.7 Å². The molecule has 0 bridgehead atoms. The normalized spacial score (nSPS) is 11.8. The number of anilines is 1. The number of carbonyl (C=O) groups is 1. The molecule has 164 valence electrons. The molecule has 0 saturated heterocycles. The smallest absolute Gasteiger partial charge is 0.315 e. The molecule has 32 heavy (non-hydrogen) atoms. The van der Waals surface area contributed by atoms with Crippen LogP contribution in [0.5, 0.6) is 0 Å². The van der Waals surface area contributed by atoms with Crippen molar-refractivity contribution < 1.29 is 4.79 Å². The van der Waals surface area contributed by atoms with E-state index in [1.807, 2.05) is 67.6 Å². The topological polar surface area (TPSA) is 83.4 Å². The standard InChI is InChI=1S/C23H22BrClN6O/c1-15(16-7-3-2-4-8-16)29-23(32)27-12-11-26-21-13-20(17-9-5-6-10-19(17)25)30-22-18(24)14-28-31(21)22/h2-10,13-15,26H,11-12H2,1H3,(H2,27,29,32)/t15-/m0/s1. The number of benzene rings is 2. The average Bonchev–Trinajstić information content (AvgIpc) is 3.18. The van der Waals surface area contributed by atoms with E-state index in [1.165, 1.54) is 0 Å². The van der Waals surface area contributed by atoms with Gasteiger partial charge in [-0.3, -0.25) is 0 Å². The molecule has 0 aliphatic carbocycles. The number of amides is 2. The van der Waals surface area contributed by atoms with E-state index >= 15 is 0 Å². The molecule has 1 atom stereocenters. The lowest BCUT2D eigenvalue weighted by molar-refractivity contribution is 0.238. The van der Waals surface area contributed by atoms with Gasteiger partial charge in [0.1, 0.15) is 5.82 Å². The summed E-state index contributed by atoms with van der Waals surface area (Å²) in [7, 11) is 0. The Bertz CT molecular complexity index is 1230. The van der Waals surface area contributed by atoms with Crippen molar-refractivity contribution in [2.75, 3.05) is 18.4 Å². The van der Waals surface area contributed by atoms with Gasteiger partial charge in [0.15, 0.2) is 5.65 Å². The van der Waals surface area contributed by atoms with E-state index in [9.17, 15) is 4.79 Å². The third kappa shape index (κ3) is 5.03. The lowest BCUT2D eigenvalue weighted by Crippen LogP contribution is -2.39. The van der Waals surface area contributed by atoms with Crippen molar-refractivity contribution in [1.29, 1.82) is 0 Å². The maximum absolute atomic E-state index is 12.2. The van der Waals surface area contributed by atoms with Gasteiger partial charge in [0.25, 0.3) is 0 Å². The van der Waals surface area contributed by atoms with Crippen molar-refractivity contribution in [3.05, 3.63) is 81.9 Å². The molecule has 7 nitrogen and oxygen atoms in total. The fraction of sp³-hybridized carbons (Fsp3) is 0.174. The minimum atomic E-state index is -0.221. The van der Waals surface area contributed by atoms with Crippen LogP contribution >= 0.6 is 27.5 Å². The van der Waals surface area contributed by atoms with Gasteiger partial charge in [-0.15, -0.1) is 0 Å². The molecule has 2 heterocycles. The van der Waals surface area contributed by atoms with Crippen LogP contribution < -0.4 is 16.0 Å².